The van der Waals surface area contributed by atoms with E-state index in [-0.39, 0.29) is 5.91 Å². The fourth-order valence-corrected chi connectivity index (χ4v) is 3.60. The third-order valence-corrected chi connectivity index (χ3v) is 5.16. The molecule has 0 spiro atoms. The van der Waals surface area contributed by atoms with Gasteiger partial charge in [-0.2, -0.15) is 0 Å². The van der Waals surface area contributed by atoms with Gasteiger partial charge in [-0.15, -0.1) is 11.3 Å². The van der Waals surface area contributed by atoms with Crippen molar-refractivity contribution in [3.63, 3.8) is 0 Å². The van der Waals surface area contributed by atoms with Gasteiger partial charge in [0.1, 0.15) is 0 Å². The molecule has 0 aliphatic carbocycles. The van der Waals surface area contributed by atoms with E-state index in [0.717, 1.165) is 22.9 Å². The molecule has 3 rings (SSSR count). The van der Waals surface area contributed by atoms with Gasteiger partial charge in [-0.25, -0.2) is 0 Å². The molecular weight excluding hydrogens is 376 g/mol. The van der Waals surface area contributed by atoms with E-state index in [1.54, 1.807) is 23.6 Å². The van der Waals surface area contributed by atoms with E-state index < -0.39 is 5.91 Å². The van der Waals surface area contributed by atoms with E-state index in [9.17, 15) is 9.59 Å². The molecule has 0 saturated carbocycles. The monoisotopic (exact) mass is 398 g/mol. The predicted octanol–water partition coefficient (Wildman–Crippen LogP) is 4.16. The summed E-state index contributed by atoms with van der Waals surface area (Å²) in [5, 5.41) is 2.63. The van der Waals surface area contributed by atoms with Crippen molar-refractivity contribution >= 4 is 33.2 Å². The smallest absolute Gasteiger partial charge is 0.271 e. The van der Waals surface area contributed by atoms with Crippen molar-refractivity contribution in [2.75, 3.05) is 13.7 Å². The zero-order valence-electron chi connectivity index (χ0n) is 15.8. The second kappa shape index (κ2) is 9.23. The van der Waals surface area contributed by atoms with Crippen molar-refractivity contribution in [3.8, 4) is 11.5 Å². The van der Waals surface area contributed by atoms with Crippen LogP contribution in [0.1, 0.15) is 40.5 Å². The number of nitrogens with one attached hydrogen (secondary N) is 2. The maximum Gasteiger partial charge on any atom is 0.271 e. The van der Waals surface area contributed by atoms with E-state index in [4.69, 9.17) is 9.47 Å². The van der Waals surface area contributed by atoms with Gasteiger partial charge in [-0.3, -0.25) is 20.4 Å². The lowest BCUT2D eigenvalue weighted by Gasteiger charge is -2.12. The minimum Gasteiger partial charge on any atom is -0.493 e. The fraction of sp³-hybridized carbons (Fsp3) is 0.238. The molecule has 2 amide bonds. The van der Waals surface area contributed by atoms with Crippen LogP contribution >= 0.6 is 11.3 Å². The largest absolute Gasteiger partial charge is 0.493 e. The third-order valence-electron chi connectivity index (χ3n) is 4.20. The van der Waals surface area contributed by atoms with Crippen LogP contribution in [0.15, 0.2) is 47.8 Å². The van der Waals surface area contributed by atoms with Gasteiger partial charge in [0, 0.05) is 21.0 Å². The average molecular weight is 398 g/mol. The van der Waals surface area contributed by atoms with Gasteiger partial charge in [0.25, 0.3) is 11.8 Å². The number of hydrazine groups is 1. The molecule has 146 valence electrons. The Hall–Kier alpha value is -3.06. The topological polar surface area (TPSA) is 76.7 Å². The van der Waals surface area contributed by atoms with Crippen LogP contribution in [-0.2, 0) is 0 Å². The first-order valence-corrected chi connectivity index (χ1v) is 9.89. The van der Waals surface area contributed by atoms with Gasteiger partial charge >= 0.3 is 0 Å². The van der Waals surface area contributed by atoms with E-state index in [0.29, 0.717) is 29.2 Å². The van der Waals surface area contributed by atoms with Gasteiger partial charge in [0.2, 0.25) is 0 Å². The maximum absolute atomic E-state index is 12.4. The molecule has 0 unspecified atom stereocenters. The van der Waals surface area contributed by atoms with Gasteiger partial charge in [-0.1, -0.05) is 31.5 Å². The molecule has 0 aliphatic heterocycles. The predicted molar refractivity (Wildman–Crippen MR) is 110 cm³/mol. The Morgan fingerprint density at radius 3 is 2.61 bits per heavy atom. The van der Waals surface area contributed by atoms with Crippen molar-refractivity contribution in [3.05, 3.63) is 59.0 Å². The SMILES string of the molecule is CCCCOc1ccc(C(=O)NNC(=O)c2csc3ccccc23)cc1OC. The summed E-state index contributed by atoms with van der Waals surface area (Å²) in [6, 6.07) is 12.5. The molecule has 1 aromatic heterocycles. The lowest BCUT2D eigenvalue weighted by molar-refractivity contribution is 0.0847. The molecular formula is C21H22N2O4S. The molecule has 0 bridgehead atoms. The summed E-state index contributed by atoms with van der Waals surface area (Å²) in [6.07, 6.45) is 1.97. The maximum atomic E-state index is 12.4. The lowest BCUT2D eigenvalue weighted by atomic mass is 10.2. The van der Waals surface area contributed by atoms with Crippen molar-refractivity contribution in [2.45, 2.75) is 19.8 Å². The zero-order chi connectivity index (χ0) is 19.9. The molecule has 0 radical (unpaired) electrons. The minimum absolute atomic E-state index is 0.357. The Labute approximate surface area is 167 Å². The summed E-state index contributed by atoms with van der Waals surface area (Å²) in [5.74, 6) is 0.253. The lowest BCUT2D eigenvalue weighted by Crippen LogP contribution is -2.41. The molecule has 0 fully saturated rings. The highest BCUT2D eigenvalue weighted by Crippen LogP contribution is 2.28. The van der Waals surface area contributed by atoms with Gasteiger partial charge < -0.3 is 9.47 Å². The van der Waals surface area contributed by atoms with E-state index in [2.05, 4.69) is 17.8 Å². The number of unbranched alkanes of at least 4 members (excludes halogenated alkanes) is 1. The quantitative estimate of drug-likeness (QED) is 0.463. The molecule has 6 nitrogen and oxygen atoms in total. The number of fused-ring (bicyclic) bond motifs is 1. The Bertz CT molecular complexity index is 983. The molecule has 3 aromatic rings. The van der Waals surface area contributed by atoms with Crippen LogP contribution < -0.4 is 20.3 Å². The highest BCUT2D eigenvalue weighted by Gasteiger charge is 2.15. The van der Waals surface area contributed by atoms with Crippen LogP contribution in [0.2, 0.25) is 0 Å². The number of hydrogen-bond acceptors (Lipinski definition) is 5. The third kappa shape index (κ3) is 4.43. The molecule has 2 N–H and O–H groups in total. The minimum atomic E-state index is -0.439. The molecule has 0 aliphatic rings. The molecule has 0 atom stereocenters. The van der Waals surface area contributed by atoms with Gasteiger partial charge in [0.05, 0.1) is 19.3 Å². The van der Waals surface area contributed by atoms with Gasteiger partial charge in [0.15, 0.2) is 11.5 Å². The molecule has 1 heterocycles. The number of hydrogen-bond donors (Lipinski definition) is 2. The number of carbonyl (C=O) groups is 2. The number of thiophene rings is 1. The molecule has 7 heteroatoms. The van der Waals surface area contributed by atoms with Gasteiger partial charge in [-0.05, 0) is 30.7 Å². The number of ether oxygens (including phenoxy) is 2. The Kier molecular flexibility index (Phi) is 6.49. The average Bonchev–Trinajstić information content (AvgIpc) is 3.16. The van der Waals surface area contributed by atoms with Crippen molar-refractivity contribution < 1.29 is 19.1 Å². The first kappa shape index (κ1) is 19.7. The van der Waals surface area contributed by atoms with Crippen molar-refractivity contribution in [1.82, 2.24) is 10.9 Å². The van der Waals surface area contributed by atoms with Crippen LogP contribution in [0, 0.1) is 0 Å². The summed E-state index contributed by atoms with van der Waals surface area (Å²) < 4.78 is 12.0. The first-order valence-electron chi connectivity index (χ1n) is 9.01. The molecule has 0 saturated heterocycles. The Morgan fingerprint density at radius 2 is 1.82 bits per heavy atom. The molecule has 28 heavy (non-hydrogen) atoms. The fourth-order valence-electron chi connectivity index (χ4n) is 2.66. The van der Waals surface area contributed by atoms with E-state index in [1.807, 2.05) is 24.3 Å². The second-order valence-corrected chi connectivity index (χ2v) is 7.03. The number of rotatable bonds is 7. The molecule has 2 aromatic carbocycles. The van der Waals surface area contributed by atoms with Crippen molar-refractivity contribution in [1.29, 1.82) is 0 Å². The summed E-state index contributed by atoms with van der Waals surface area (Å²) >= 11 is 1.48. The van der Waals surface area contributed by atoms with E-state index >= 15 is 0 Å². The Balaban J connectivity index is 1.65. The number of amides is 2. The number of benzene rings is 2. The van der Waals surface area contributed by atoms with E-state index in [1.165, 1.54) is 18.4 Å². The Morgan fingerprint density at radius 1 is 1.04 bits per heavy atom. The zero-order valence-corrected chi connectivity index (χ0v) is 16.6. The van der Waals surface area contributed by atoms with Crippen LogP contribution in [0.4, 0.5) is 0 Å². The summed E-state index contributed by atoms with van der Waals surface area (Å²) in [6.45, 7) is 2.67. The second-order valence-electron chi connectivity index (χ2n) is 6.12. The highest BCUT2D eigenvalue weighted by molar-refractivity contribution is 7.17. The van der Waals surface area contributed by atoms with Crippen molar-refractivity contribution in [2.24, 2.45) is 0 Å². The summed E-state index contributed by atoms with van der Waals surface area (Å²) in [5.41, 5.74) is 5.79. The highest BCUT2D eigenvalue weighted by atomic mass is 32.1. The number of methoxy groups -OCH3 is 1. The van der Waals surface area contributed by atoms with Crippen LogP contribution in [0.5, 0.6) is 11.5 Å². The van der Waals surface area contributed by atoms with Crippen LogP contribution in [0.25, 0.3) is 10.1 Å². The number of carbonyl (C=O) groups excluding carboxylic acids is 2. The normalized spacial score (nSPS) is 10.5. The standard InChI is InChI=1S/C21H22N2O4S/c1-3-4-11-27-17-10-9-14(12-18(17)26-2)20(24)22-23-21(25)16-13-28-19-8-6-5-7-15(16)19/h5-10,12-13H,3-4,11H2,1-2H3,(H,22,24)(H,23,25). The summed E-state index contributed by atoms with van der Waals surface area (Å²) in [4.78, 5) is 24.8. The first-order chi connectivity index (χ1) is 13.6. The van der Waals surface area contributed by atoms with Crippen LogP contribution in [-0.4, -0.2) is 25.5 Å². The summed E-state index contributed by atoms with van der Waals surface area (Å²) in [7, 11) is 1.52. The van der Waals surface area contributed by atoms with Crippen LogP contribution in [0.3, 0.4) is 0 Å².